The van der Waals surface area contributed by atoms with Crippen LogP contribution in [0.2, 0.25) is 0 Å². The number of aliphatic hydroxyl groups is 1. The van der Waals surface area contributed by atoms with Gasteiger partial charge in [-0.25, -0.2) is 13.4 Å². The molecule has 0 saturated heterocycles. The summed E-state index contributed by atoms with van der Waals surface area (Å²) in [5.41, 5.74) is 2.81. The zero-order valence-corrected chi connectivity index (χ0v) is 21.3. The van der Waals surface area contributed by atoms with E-state index in [0.29, 0.717) is 38.5 Å². The number of pyridine rings is 1. The number of hydrogen-bond donors (Lipinski definition) is 1. The molecular weight excluding hydrogens is 452 g/mol. The fourth-order valence-electron chi connectivity index (χ4n) is 4.18. The number of sulfonamides is 1. The predicted octanol–water partition coefficient (Wildman–Crippen LogP) is 3.61. The molecule has 0 spiro atoms. The molecule has 0 saturated carbocycles. The first kappa shape index (κ1) is 26.3. The van der Waals surface area contributed by atoms with Gasteiger partial charge in [-0.05, 0) is 56.4 Å². The average molecular weight is 489 g/mol. The molecule has 0 amide bonds. The van der Waals surface area contributed by atoms with Crippen molar-refractivity contribution in [3.05, 3.63) is 54.1 Å². The van der Waals surface area contributed by atoms with E-state index in [9.17, 15) is 13.5 Å². The van der Waals surface area contributed by atoms with Crippen LogP contribution in [0.3, 0.4) is 0 Å². The Balaban J connectivity index is 1.87. The van der Waals surface area contributed by atoms with Crippen molar-refractivity contribution in [1.82, 2.24) is 18.8 Å². The van der Waals surface area contributed by atoms with Crippen LogP contribution in [0.4, 0.5) is 0 Å². The van der Waals surface area contributed by atoms with Gasteiger partial charge in [0.15, 0.2) is 0 Å². The number of imidazole rings is 1. The number of nitrogens with zero attached hydrogens (tertiary/aromatic N) is 4. The van der Waals surface area contributed by atoms with Crippen molar-refractivity contribution >= 4 is 21.1 Å². The zero-order chi connectivity index (χ0) is 24.7. The van der Waals surface area contributed by atoms with Gasteiger partial charge in [-0.2, -0.15) is 4.31 Å². The number of aromatic nitrogens is 3. The zero-order valence-electron chi connectivity index (χ0n) is 20.5. The van der Waals surface area contributed by atoms with Gasteiger partial charge in [0.05, 0.1) is 23.2 Å². The van der Waals surface area contributed by atoms with E-state index in [0.717, 1.165) is 22.4 Å². The Morgan fingerprint density at radius 2 is 1.91 bits per heavy atom. The highest BCUT2D eigenvalue weighted by molar-refractivity contribution is 7.89. The number of aryl methyl sites for hydroxylation is 1. The molecule has 8 nitrogen and oxygen atoms in total. The van der Waals surface area contributed by atoms with Gasteiger partial charge in [-0.1, -0.05) is 26.0 Å². The fraction of sp³-hybridized carbons (Fsp3) is 0.520. The normalized spacial score (nSPS) is 13.3. The highest BCUT2D eigenvalue weighted by atomic mass is 32.2. The van der Waals surface area contributed by atoms with Gasteiger partial charge in [0.25, 0.3) is 0 Å². The van der Waals surface area contributed by atoms with Gasteiger partial charge < -0.3 is 14.4 Å². The van der Waals surface area contributed by atoms with Gasteiger partial charge in [-0.15, -0.1) is 0 Å². The lowest BCUT2D eigenvalue weighted by Crippen LogP contribution is -2.44. The lowest BCUT2D eigenvalue weighted by Gasteiger charge is -2.32. The van der Waals surface area contributed by atoms with Gasteiger partial charge in [-0.3, -0.25) is 4.98 Å². The second-order valence-corrected chi connectivity index (χ2v) is 10.8. The number of aliphatic hydroxyl groups excluding tert-OH is 1. The fourth-order valence-corrected chi connectivity index (χ4v) is 5.84. The highest BCUT2D eigenvalue weighted by Gasteiger charge is 2.31. The monoisotopic (exact) mass is 488 g/mol. The van der Waals surface area contributed by atoms with Crippen molar-refractivity contribution in [3.8, 4) is 0 Å². The second-order valence-electron chi connectivity index (χ2n) is 8.89. The van der Waals surface area contributed by atoms with Crippen LogP contribution in [0.25, 0.3) is 11.0 Å². The van der Waals surface area contributed by atoms with Crippen LogP contribution in [-0.2, 0) is 21.3 Å². The Kier molecular flexibility index (Phi) is 9.18. The van der Waals surface area contributed by atoms with Gasteiger partial charge in [0.2, 0.25) is 10.0 Å². The Morgan fingerprint density at radius 3 is 2.56 bits per heavy atom. The van der Waals surface area contributed by atoms with E-state index >= 15 is 0 Å². The number of hydrogen-bond acceptors (Lipinski definition) is 6. The van der Waals surface area contributed by atoms with E-state index in [4.69, 9.17) is 4.74 Å². The van der Waals surface area contributed by atoms with E-state index in [1.54, 1.807) is 24.5 Å². The van der Waals surface area contributed by atoms with E-state index in [2.05, 4.69) is 28.4 Å². The van der Waals surface area contributed by atoms with Crippen molar-refractivity contribution < 1.29 is 18.3 Å². The Morgan fingerprint density at radius 1 is 1.18 bits per heavy atom. The molecule has 2 aromatic heterocycles. The van der Waals surface area contributed by atoms with Crippen LogP contribution < -0.4 is 0 Å². The maximum absolute atomic E-state index is 13.6. The van der Waals surface area contributed by atoms with Crippen molar-refractivity contribution in [1.29, 1.82) is 0 Å². The summed E-state index contributed by atoms with van der Waals surface area (Å²) < 4.78 is 36.5. The number of benzene rings is 1. The first-order chi connectivity index (χ1) is 16.3. The molecule has 1 atom stereocenters. The van der Waals surface area contributed by atoms with Gasteiger partial charge in [0, 0.05) is 38.5 Å². The van der Waals surface area contributed by atoms with Gasteiger partial charge >= 0.3 is 0 Å². The molecule has 0 aliphatic rings. The van der Waals surface area contributed by atoms with Crippen LogP contribution in [0.1, 0.15) is 45.0 Å². The Labute approximate surface area is 202 Å². The maximum atomic E-state index is 13.6. The summed E-state index contributed by atoms with van der Waals surface area (Å²) >= 11 is 0. The standard InChI is InChI=1S/C25H36N4O4S/c1-5-33-18-22(15-19(2)3)29(13-6-14-30)34(31,32)23-9-7-21(8-10-23)17-28-20(4)27-24-16-26-12-11-25(24)28/h7-12,16,19,22,30H,5-6,13-15,17-18H2,1-4H3/t22-/m0/s1. The van der Waals surface area contributed by atoms with E-state index in [1.165, 1.54) is 4.31 Å². The minimum Gasteiger partial charge on any atom is -0.396 e. The van der Waals surface area contributed by atoms with Crippen molar-refractivity contribution in [2.75, 3.05) is 26.4 Å². The molecule has 3 aromatic rings. The molecule has 1 N–H and O–H groups in total. The lowest BCUT2D eigenvalue weighted by molar-refractivity contribution is 0.0865. The molecule has 0 aliphatic carbocycles. The van der Waals surface area contributed by atoms with Crippen molar-refractivity contribution in [2.24, 2.45) is 5.92 Å². The second kappa shape index (κ2) is 11.9. The molecule has 0 aliphatic heterocycles. The van der Waals surface area contributed by atoms with Crippen LogP contribution in [0.15, 0.2) is 47.6 Å². The largest absolute Gasteiger partial charge is 0.396 e. The summed E-state index contributed by atoms with van der Waals surface area (Å²) in [7, 11) is -3.76. The number of rotatable bonds is 13. The molecule has 34 heavy (non-hydrogen) atoms. The summed E-state index contributed by atoms with van der Waals surface area (Å²) in [6.45, 7) is 9.62. The summed E-state index contributed by atoms with van der Waals surface area (Å²) in [5, 5.41) is 9.38. The lowest BCUT2D eigenvalue weighted by atomic mass is 10.0. The first-order valence-corrected chi connectivity index (χ1v) is 13.3. The van der Waals surface area contributed by atoms with E-state index in [1.807, 2.05) is 32.0 Å². The summed E-state index contributed by atoms with van der Waals surface area (Å²) in [5.74, 6) is 1.19. The highest BCUT2D eigenvalue weighted by Crippen LogP contribution is 2.24. The van der Waals surface area contributed by atoms with Crippen LogP contribution in [0, 0.1) is 12.8 Å². The average Bonchev–Trinajstić information content (AvgIpc) is 3.12. The molecule has 0 unspecified atom stereocenters. The minimum absolute atomic E-state index is 0.0677. The molecule has 0 fully saturated rings. The quantitative estimate of drug-likeness (QED) is 0.395. The third-order valence-electron chi connectivity index (χ3n) is 5.81. The van der Waals surface area contributed by atoms with Crippen molar-refractivity contribution in [2.45, 2.75) is 58.0 Å². The molecule has 2 heterocycles. The Hall–Kier alpha value is -2.33. The van der Waals surface area contributed by atoms with Crippen LogP contribution >= 0.6 is 0 Å². The summed E-state index contributed by atoms with van der Waals surface area (Å²) in [4.78, 5) is 8.93. The predicted molar refractivity (Wildman–Crippen MR) is 133 cm³/mol. The third-order valence-corrected chi connectivity index (χ3v) is 7.78. The molecule has 3 rings (SSSR count). The molecule has 9 heteroatoms. The topological polar surface area (TPSA) is 97.6 Å². The van der Waals surface area contributed by atoms with Crippen LogP contribution in [-0.4, -0.2) is 64.8 Å². The molecule has 1 aromatic carbocycles. The van der Waals surface area contributed by atoms with Gasteiger partial charge in [0.1, 0.15) is 11.3 Å². The number of fused-ring (bicyclic) bond motifs is 1. The SMILES string of the molecule is CCOC[C@H](CC(C)C)N(CCCO)S(=O)(=O)c1ccc(Cn2c(C)nc3cnccc32)cc1. The molecular formula is C25H36N4O4S. The smallest absolute Gasteiger partial charge is 0.243 e. The van der Waals surface area contributed by atoms with Crippen molar-refractivity contribution in [3.63, 3.8) is 0 Å². The minimum atomic E-state index is -3.76. The molecule has 186 valence electrons. The van der Waals surface area contributed by atoms with Crippen LogP contribution in [0.5, 0.6) is 0 Å². The molecule has 0 radical (unpaired) electrons. The Bertz CT molecular complexity index is 1160. The summed E-state index contributed by atoms with van der Waals surface area (Å²) in [6, 6.07) is 8.68. The van der Waals surface area contributed by atoms with E-state index < -0.39 is 10.0 Å². The first-order valence-electron chi connectivity index (χ1n) is 11.8. The third kappa shape index (κ3) is 6.21. The van der Waals surface area contributed by atoms with E-state index in [-0.39, 0.29) is 24.1 Å². The maximum Gasteiger partial charge on any atom is 0.243 e. The summed E-state index contributed by atoms with van der Waals surface area (Å²) in [6.07, 6.45) is 4.54. The number of ether oxygens (including phenoxy) is 1. The molecule has 0 bridgehead atoms.